The molecule has 0 spiro atoms. The normalized spacial score (nSPS) is 19.0. The standard InChI is InChI=1S/C81H78BN3/c1-77(2,3)62-35-31-55(32-36-62)58-34-39-71-67(44-58)80(9)41-20-21-42-81(80,10)85(71)65-49-74-76-75(50-65)84(70-40-37-63(78(4,5)6)48-66(70)56-27-18-13-19-28-56)73-47-61-52-79(7,8)51-60(61)45-69(73)82(76)68-38-33-59(54-25-16-12-17-26-54)46-72(68)83(74)64-30-22-29-57(43-64)53-23-14-11-15-24-53/h11-19,22-40,43-50H,20-21,41-42,51-52H2,1-10H3. The highest BCUT2D eigenvalue weighted by atomic mass is 15.3. The van der Waals surface area contributed by atoms with Crippen molar-refractivity contribution >= 4 is 68.6 Å². The van der Waals surface area contributed by atoms with Gasteiger partial charge in [-0.15, -0.1) is 0 Å². The van der Waals surface area contributed by atoms with Crippen LogP contribution in [0.15, 0.2) is 218 Å². The van der Waals surface area contributed by atoms with Gasteiger partial charge >= 0.3 is 0 Å². The molecule has 10 aromatic rings. The van der Waals surface area contributed by atoms with Crippen LogP contribution in [0.5, 0.6) is 0 Å². The Hall–Kier alpha value is -8.34. The lowest BCUT2D eigenvalue weighted by Gasteiger charge is -2.51. The third-order valence-corrected chi connectivity index (χ3v) is 20.7. The highest BCUT2D eigenvalue weighted by molar-refractivity contribution is 7.00. The molecule has 3 heterocycles. The summed E-state index contributed by atoms with van der Waals surface area (Å²) in [5.74, 6) is 0. The van der Waals surface area contributed by atoms with Crippen LogP contribution in [-0.4, -0.2) is 12.3 Å². The van der Waals surface area contributed by atoms with Crippen LogP contribution in [-0.2, 0) is 29.1 Å². The van der Waals surface area contributed by atoms with E-state index in [2.05, 4.69) is 302 Å². The van der Waals surface area contributed by atoms with Crippen molar-refractivity contribution in [2.45, 2.75) is 130 Å². The Labute approximate surface area is 506 Å². The average molecular weight is 1100 g/mol. The van der Waals surface area contributed by atoms with Gasteiger partial charge in [-0.3, -0.25) is 0 Å². The predicted octanol–water partition coefficient (Wildman–Crippen LogP) is 19.9. The molecule has 1 fully saturated rings. The van der Waals surface area contributed by atoms with Crippen LogP contribution in [0.4, 0.5) is 45.5 Å². The van der Waals surface area contributed by atoms with Gasteiger partial charge < -0.3 is 14.7 Å². The monoisotopic (exact) mass is 1100 g/mol. The van der Waals surface area contributed by atoms with Gasteiger partial charge in [-0.1, -0.05) is 233 Å². The topological polar surface area (TPSA) is 9.72 Å². The molecule has 4 heteroatoms. The molecule has 2 unspecified atom stereocenters. The Morgan fingerprint density at radius 1 is 0.376 bits per heavy atom. The van der Waals surface area contributed by atoms with E-state index in [0.717, 1.165) is 31.4 Å². The Kier molecular flexibility index (Phi) is 12.2. The first-order valence-corrected chi connectivity index (χ1v) is 31.4. The summed E-state index contributed by atoms with van der Waals surface area (Å²) in [6.07, 6.45) is 6.74. The third-order valence-electron chi connectivity index (χ3n) is 20.7. The molecule has 10 aromatic carbocycles. The van der Waals surface area contributed by atoms with E-state index in [1.165, 1.54) is 141 Å². The number of rotatable bonds is 7. The predicted molar refractivity (Wildman–Crippen MR) is 364 cm³/mol. The van der Waals surface area contributed by atoms with Gasteiger partial charge in [-0.2, -0.15) is 0 Å². The Bertz CT molecular complexity index is 4280. The zero-order valence-corrected chi connectivity index (χ0v) is 51.4. The minimum atomic E-state index is -0.221. The van der Waals surface area contributed by atoms with E-state index in [1.807, 2.05) is 0 Å². The molecule has 2 atom stereocenters. The molecule has 5 aliphatic rings. The lowest BCUT2D eigenvalue weighted by Crippen LogP contribution is -2.61. The van der Waals surface area contributed by atoms with Gasteiger partial charge in [0.25, 0.3) is 6.71 Å². The summed E-state index contributed by atoms with van der Waals surface area (Å²) < 4.78 is 0. The molecule has 0 saturated heterocycles. The maximum absolute atomic E-state index is 2.84. The number of benzene rings is 10. The lowest BCUT2D eigenvalue weighted by atomic mass is 9.33. The maximum Gasteiger partial charge on any atom is 0.252 e. The second-order valence-electron chi connectivity index (χ2n) is 28.8. The van der Waals surface area contributed by atoms with Gasteiger partial charge in [0.1, 0.15) is 0 Å². The van der Waals surface area contributed by atoms with Crippen molar-refractivity contribution in [2.75, 3.05) is 14.7 Å². The van der Waals surface area contributed by atoms with E-state index in [4.69, 9.17) is 0 Å². The molecule has 2 aliphatic carbocycles. The van der Waals surface area contributed by atoms with E-state index < -0.39 is 0 Å². The van der Waals surface area contributed by atoms with E-state index >= 15 is 0 Å². The van der Waals surface area contributed by atoms with Gasteiger partial charge in [-0.25, -0.2) is 0 Å². The molecule has 0 aromatic heterocycles. The van der Waals surface area contributed by atoms with Crippen molar-refractivity contribution in [3.8, 4) is 44.5 Å². The summed E-state index contributed by atoms with van der Waals surface area (Å²) in [5.41, 5.74) is 30.8. The van der Waals surface area contributed by atoms with Gasteiger partial charge in [0, 0.05) is 50.8 Å². The van der Waals surface area contributed by atoms with Crippen molar-refractivity contribution in [1.82, 2.24) is 0 Å². The number of fused-ring (bicyclic) bond motifs is 8. The summed E-state index contributed by atoms with van der Waals surface area (Å²) in [6.45, 7) is 24.1. The largest absolute Gasteiger partial charge is 0.334 e. The van der Waals surface area contributed by atoms with E-state index in [0.29, 0.717) is 0 Å². The van der Waals surface area contributed by atoms with Crippen LogP contribution in [0.25, 0.3) is 44.5 Å². The average Bonchev–Trinajstić information content (AvgIpc) is 1.70. The highest BCUT2D eigenvalue weighted by Crippen LogP contribution is 2.63. The Morgan fingerprint density at radius 3 is 1.58 bits per heavy atom. The number of hydrogen-bond acceptors (Lipinski definition) is 3. The molecule has 0 amide bonds. The molecule has 3 aliphatic heterocycles. The molecule has 0 radical (unpaired) electrons. The minimum Gasteiger partial charge on any atom is -0.334 e. The van der Waals surface area contributed by atoms with Crippen molar-refractivity contribution in [2.24, 2.45) is 5.41 Å². The fourth-order valence-corrected chi connectivity index (χ4v) is 16.0. The Morgan fingerprint density at radius 2 is 0.906 bits per heavy atom. The molecule has 0 N–H and O–H groups in total. The molecule has 0 bridgehead atoms. The second kappa shape index (κ2) is 19.3. The first kappa shape index (κ1) is 53.4. The summed E-state index contributed by atoms with van der Waals surface area (Å²) in [4.78, 5) is 8.24. The quantitative estimate of drug-likeness (QED) is 0.147. The molecule has 420 valence electrons. The maximum atomic E-state index is 2.84. The molecule has 1 saturated carbocycles. The smallest absolute Gasteiger partial charge is 0.252 e. The van der Waals surface area contributed by atoms with E-state index in [9.17, 15) is 0 Å². The first-order chi connectivity index (χ1) is 40.8. The molecule has 3 nitrogen and oxygen atoms in total. The molecular formula is C81H78BN3. The summed E-state index contributed by atoms with van der Waals surface area (Å²) in [6, 6.07) is 84.7. The van der Waals surface area contributed by atoms with Gasteiger partial charge in [0.05, 0.1) is 11.2 Å². The highest BCUT2D eigenvalue weighted by Gasteiger charge is 2.58. The van der Waals surface area contributed by atoms with E-state index in [-0.39, 0.29) is 33.9 Å². The summed E-state index contributed by atoms with van der Waals surface area (Å²) in [7, 11) is 0. The number of hydrogen-bond donors (Lipinski definition) is 0. The SMILES string of the molecule is CC1(C)Cc2cc3c(cc2C1)N(c1ccc(C(C)(C)C)cc1-c1ccccc1)c1cc(N2c4ccc(-c5ccc(C(C)(C)C)cc5)cc4C4(C)CCCCC24C)cc2c1B3c1ccc(-c3ccccc3)cc1N2c1cccc(-c2ccccc2)c1. The first-order valence-electron chi connectivity index (χ1n) is 31.4. The molecule has 85 heavy (non-hydrogen) atoms. The van der Waals surface area contributed by atoms with Crippen LogP contribution in [0.2, 0.25) is 0 Å². The second-order valence-corrected chi connectivity index (χ2v) is 28.8. The van der Waals surface area contributed by atoms with Crippen molar-refractivity contribution in [3.05, 3.63) is 246 Å². The van der Waals surface area contributed by atoms with Gasteiger partial charge in [-0.05, 0) is 193 Å². The van der Waals surface area contributed by atoms with Crippen LogP contribution < -0.4 is 31.1 Å². The zero-order chi connectivity index (χ0) is 58.4. The number of anilines is 8. The summed E-state index contributed by atoms with van der Waals surface area (Å²) in [5, 5.41) is 0. The fourth-order valence-electron chi connectivity index (χ4n) is 16.0. The molecular weight excluding hydrogens is 1030 g/mol. The lowest BCUT2D eigenvalue weighted by molar-refractivity contribution is 0.195. The van der Waals surface area contributed by atoms with Gasteiger partial charge in [0.2, 0.25) is 0 Å². The fraction of sp³-hybridized carbons (Fsp3) is 0.259. The minimum absolute atomic E-state index is 0.0460. The molecule has 15 rings (SSSR count). The van der Waals surface area contributed by atoms with Crippen LogP contribution in [0, 0.1) is 5.41 Å². The number of nitrogens with zero attached hydrogens (tertiary/aromatic N) is 3. The van der Waals surface area contributed by atoms with Crippen LogP contribution in [0.1, 0.15) is 123 Å². The van der Waals surface area contributed by atoms with E-state index in [1.54, 1.807) is 0 Å². The van der Waals surface area contributed by atoms with Gasteiger partial charge in [0.15, 0.2) is 0 Å². The zero-order valence-electron chi connectivity index (χ0n) is 51.4. The van der Waals surface area contributed by atoms with Crippen molar-refractivity contribution in [3.63, 3.8) is 0 Å². The summed E-state index contributed by atoms with van der Waals surface area (Å²) >= 11 is 0. The van der Waals surface area contributed by atoms with Crippen LogP contribution in [0.3, 0.4) is 0 Å². The Balaban J connectivity index is 1.06. The van der Waals surface area contributed by atoms with Crippen molar-refractivity contribution in [1.29, 1.82) is 0 Å². The van der Waals surface area contributed by atoms with Crippen LogP contribution >= 0.6 is 0 Å². The third kappa shape index (κ3) is 8.59. The van der Waals surface area contributed by atoms with Crippen molar-refractivity contribution < 1.29 is 0 Å².